The highest BCUT2D eigenvalue weighted by atomic mass is 31.2. The Morgan fingerprint density at radius 2 is 1.71 bits per heavy atom. The average Bonchev–Trinajstić information content (AvgIpc) is 3.38. The van der Waals surface area contributed by atoms with Crippen LogP contribution in [0.3, 0.4) is 0 Å². The van der Waals surface area contributed by atoms with Gasteiger partial charge in [-0.05, 0) is 37.5 Å². The van der Waals surface area contributed by atoms with E-state index in [1.165, 1.54) is 14.2 Å². The largest absolute Gasteiger partial charge is 0.468 e. The van der Waals surface area contributed by atoms with Gasteiger partial charge in [0.05, 0.1) is 27.4 Å². The van der Waals surface area contributed by atoms with Crippen molar-refractivity contribution in [3.8, 4) is 0 Å². The summed E-state index contributed by atoms with van der Waals surface area (Å²) in [4.78, 5) is 35.8. The number of aliphatic imine (C=N–C) groups is 2. The van der Waals surface area contributed by atoms with Gasteiger partial charge in [0.15, 0.2) is 0 Å². The van der Waals surface area contributed by atoms with Gasteiger partial charge in [0, 0.05) is 12.1 Å². The van der Waals surface area contributed by atoms with Crippen molar-refractivity contribution in [2.75, 3.05) is 27.4 Å². The van der Waals surface area contributed by atoms with E-state index < -0.39 is 67.8 Å². The van der Waals surface area contributed by atoms with Gasteiger partial charge in [0.1, 0.15) is 47.4 Å². The Labute approximate surface area is 264 Å². The number of nitrogens with zero attached hydrogens (tertiary/aromatic N) is 3. The second-order valence-corrected chi connectivity index (χ2v) is 15.2. The molecule has 4 aliphatic rings. The number of allylic oxidation sites excluding steroid dienone is 1. The Morgan fingerprint density at radius 3 is 2.18 bits per heavy atom. The zero-order valence-corrected chi connectivity index (χ0v) is 28.2. The van der Waals surface area contributed by atoms with Gasteiger partial charge in [0.25, 0.3) is 0 Å². The first-order valence-electron chi connectivity index (χ1n) is 15.4. The van der Waals surface area contributed by atoms with Crippen LogP contribution in [-0.4, -0.2) is 108 Å². The predicted molar refractivity (Wildman–Crippen MR) is 166 cm³/mol. The molecule has 2 fully saturated rings. The Bertz CT molecular complexity index is 1240. The summed E-state index contributed by atoms with van der Waals surface area (Å²) in [5.41, 5.74) is 2.97. The lowest BCUT2D eigenvalue weighted by Crippen LogP contribution is -2.51. The Balaban J connectivity index is 1.55. The van der Waals surface area contributed by atoms with Crippen LogP contribution in [0.2, 0.25) is 0 Å². The Morgan fingerprint density at radius 1 is 1.16 bits per heavy atom. The molecule has 0 aromatic carbocycles. The van der Waals surface area contributed by atoms with Crippen LogP contribution in [0, 0.1) is 23.7 Å². The molecule has 0 aromatic heterocycles. The van der Waals surface area contributed by atoms with E-state index in [0.717, 1.165) is 0 Å². The Kier molecular flexibility index (Phi) is 10.5. The molecule has 1 saturated heterocycles. The van der Waals surface area contributed by atoms with Gasteiger partial charge >= 0.3 is 19.6 Å². The highest BCUT2D eigenvalue weighted by Crippen LogP contribution is 2.63. The molecule has 1 aliphatic carbocycles. The number of carbonyl (C=O) groups excluding carboxylic acids is 2. The fourth-order valence-corrected chi connectivity index (χ4v) is 8.43. The molecule has 0 bridgehead atoms. The summed E-state index contributed by atoms with van der Waals surface area (Å²) >= 11 is 0. The molecule has 0 radical (unpaired) electrons. The van der Waals surface area contributed by atoms with Crippen molar-refractivity contribution < 1.29 is 43.1 Å². The maximum Gasteiger partial charge on any atom is 0.342 e. The van der Waals surface area contributed by atoms with E-state index >= 15 is 0 Å². The lowest BCUT2D eigenvalue weighted by atomic mass is 9.88. The number of carbonyl (C=O) groups is 2. The number of amidine groups is 1. The average molecular weight is 657 g/mol. The monoisotopic (exact) mass is 656 g/mol. The molecule has 9 unspecified atom stereocenters. The van der Waals surface area contributed by atoms with Crippen LogP contribution in [0.15, 0.2) is 22.3 Å². The summed E-state index contributed by atoms with van der Waals surface area (Å²) in [5.74, 6) is -0.393. The van der Waals surface area contributed by atoms with Crippen molar-refractivity contribution in [2.45, 2.75) is 95.9 Å². The van der Waals surface area contributed by atoms with Crippen LogP contribution in [-0.2, 0) is 32.9 Å². The number of methoxy groups -OCH3 is 2. The zero-order chi connectivity index (χ0) is 33.5. The SMILES string of the molecule is COC(=O)C(CC(C)C)NP(=O)(NC(CC(C)C)C(=O)OC)OCC1OC2(C)C(N3C=CC(C)C4CN=C(N)N=C43)C2(O)C1O. The van der Waals surface area contributed by atoms with E-state index in [0.29, 0.717) is 12.4 Å². The van der Waals surface area contributed by atoms with Crippen LogP contribution in [0.25, 0.3) is 0 Å². The standard InChI is InChI=1S/C29H49N6O9P/c1-15(2)11-19(24(37)41-7)33-45(40,34-20(12-16(3)4)25(38)42-8)43-14-21-22(36)29(39)26(28(29,6)44-21)35-10-9-17(5)18-13-31-27(30)32-23(18)35/h9-10,15-22,26,36,39H,11-14H2,1-8H3,(H2,30,31)(H2,33,34,40). The third kappa shape index (κ3) is 6.85. The number of esters is 2. The van der Waals surface area contributed by atoms with E-state index in [9.17, 15) is 24.4 Å². The minimum atomic E-state index is -4.22. The third-order valence-electron chi connectivity index (χ3n) is 9.05. The number of hydrogen-bond donors (Lipinski definition) is 5. The summed E-state index contributed by atoms with van der Waals surface area (Å²) in [6.45, 7) is 11.3. The van der Waals surface area contributed by atoms with Crippen LogP contribution < -0.4 is 15.9 Å². The number of rotatable bonds is 14. The number of ether oxygens (including phenoxy) is 3. The quantitative estimate of drug-likeness (QED) is 0.130. The number of nitrogens with one attached hydrogen (secondary N) is 2. The van der Waals surface area contributed by atoms with Gasteiger partial charge in [-0.3, -0.25) is 19.1 Å². The first-order valence-corrected chi connectivity index (χ1v) is 17.0. The third-order valence-corrected chi connectivity index (χ3v) is 10.9. The summed E-state index contributed by atoms with van der Waals surface area (Å²) < 4.78 is 36.3. The topological polar surface area (TPSA) is 207 Å². The number of guanidine groups is 1. The maximum absolute atomic E-state index is 14.4. The van der Waals surface area contributed by atoms with Crippen molar-refractivity contribution in [3.05, 3.63) is 12.3 Å². The predicted octanol–water partition coefficient (Wildman–Crippen LogP) is 0.906. The maximum atomic E-state index is 14.4. The number of aliphatic hydroxyl groups is 2. The van der Waals surface area contributed by atoms with E-state index in [1.54, 1.807) is 11.8 Å². The van der Waals surface area contributed by atoms with E-state index in [4.69, 9.17) is 24.5 Å². The number of fused-ring (bicyclic) bond motifs is 2. The van der Waals surface area contributed by atoms with Gasteiger partial charge in [-0.1, -0.05) is 40.7 Å². The molecule has 1 saturated carbocycles. The van der Waals surface area contributed by atoms with Crippen LogP contribution in [0.1, 0.15) is 54.4 Å². The molecule has 0 spiro atoms. The fourth-order valence-electron chi connectivity index (χ4n) is 6.61. The highest BCUT2D eigenvalue weighted by Gasteiger charge is 2.86. The Hall–Kier alpha value is -2.39. The molecule has 0 aromatic rings. The van der Waals surface area contributed by atoms with Crippen molar-refractivity contribution in [2.24, 2.45) is 39.4 Å². The van der Waals surface area contributed by atoms with Crippen molar-refractivity contribution in [1.82, 2.24) is 15.1 Å². The van der Waals surface area contributed by atoms with Gasteiger partial charge in [-0.2, -0.15) is 4.99 Å². The molecule has 6 N–H and O–H groups in total. The molecule has 4 rings (SSSR count). The molecule has 3 heterocycles. The molecule has 0 amide bonds. The second-order valence-electron chi connectivity index (χ2n) is 13.3. The van der Waals surface area contributed by atoms with Gasteiger partial charge in [-0.25, -0.2) is 10.2 Å². The zero-order valence-electron chi connectivity index (χ0n) is 27.3. The van der Waals surface area contributed by atoms with Crippen LogP contribution in [0.4, 0.5) is 0 Å². The normalized spacial score (nSPS) is 34.8. The summed E-state index contributed by atoms with van der Waals surface area (Å²) in [6.07, 6.45) is 1.79. The summed E-state index contributed by atoms with van der Waals surface area (Å²) in [5, 5.41) is 28.7. The molecule has 16 heteroatoms. The van der Waals surface area contributed by atoms with Gasteiger partial charge in [0.2, 0.25) is 5.96 Å². The lowest BCUT2D eigenvalue weighted by Gasteiger charge is -2.38. The molecule has 254 valence electrons. The van der Waals surface area contributed by atoms with E-state index in [-0.39, 0.29) is 42.5 Å². The highest BCUT2D eigenvalue weighted by molar-refractivity contribution is 7.54. The minimum absolute atomic E-state index is 0.0159. The summed E-state index contributed by atoms with van der Waals surface area (Å²) in [7, 11) is -1.78. The molecular formula is C29H49N6O9P. The van der Waals surface area contributed by atoms with Crippen molar-refractivity contribution >= 4 is 31.4 Å². The fraction of sp³-hybridized carbons (Fsp3) is 0.793. The summed E-state index contributed by atoms with van der Waals surface area (Å²) in [6, 6.07) is -2.75. The second kappa shape index (κ2) is 13.4. The molecule has 45 heavy (non-hydrogen) atoms. The van der Waals surface area contributed by atoms with E-state index in [1.807, 2.05) is 46.9 Å². The minimum Gasteiger partial charge on any atom is -0.468 e. The van der Waals surface area contributed by atoms with Crippen molar-refractivity contribution in [1.29, 1.82) is 0 Å². The molecular weight excluding hydrogens is 607 g/mol. The first-order chi connectivity index (χ1) is 21.0. The van der Waals surface area contributed by atoms with E-state index in [2.05, 4.69) is 20.2 Å². The number of hydrogen-bond acceptors (Lipinski definition) is 13. The lowest BCUT2D eigenvalue weighted by molar-refractivity contribution is -0.143. The molecule has 9 atom stereocenters. The van der Waals surface area contributed by atoms with Gasteiger partial charge < -0.3 is 39.6 Å². The first kappa shape index (κ1) is 35.5. The van der Waals surface area contributed by atoms with Crippen LogP contribution in [0.5, 0.6) is 0 Å². The van der Waals surface area contributed by atoms with Gasteiger partial charge in [-0.15, -0.1) is 0 Å². The number of aliphatic hydroxyl groups excluding tert-OH is 1. The molecule has 15 nitrogen and oxygen atoms in total. The smallest absolute Gasteiger partial charge is 0.342 e. The van der Waals surface area contributed by atoms with Crippen molar-refractivity contribution in [3.63, 3.8) is 0 Å². The molecule has 3 aliphatic heterocycles. The number of nitrogens with two attached hydrogens (primary N) is 1. The van der Waals surface area contributed by atoms with Crippen LogP contribution >= 0.6 is 7.67 Å².